The zero-order valence-corrected chi connectivity index (χ0v) is 7.74. The number of halogens is 2. The Morgan fingerprint density at radius 3 is 2.18 bits per heavy atom. The predicted molar refractivity (Wildman–Crippen MR) is 47.5 cm³/mol. The first-order valence-electron chi connectivity index (χ1n) is 3.62. The van der Waals surface area contributed by atoms with Gasteiger partial charge in [-0.2, -0.15) is 0 Å². The third-order valence-electron chi connectivity index (χ3n) is 1.13. The second-order valence-corrected chi connectivity index (χ2v) is 2.33. The molecule has 0 aliphatic heterocycles. The number of benzene rings is 1. The van der Waals surface area contributed by atoms with Crippen LogP contribution in [0.25, 0.3) is 0 Å². The molecular weight excluding hydrogens is 163 g/mol. The van der Waals surface area contributed by atoms with Crippen LogP contribution in [0.3, 0.4) is 0 Å². The minimum Gasteiger partial charge on any atom is -0.207 e. The second-order valence-electron chi connectivity index (χ2n) is 1.89. The van der Waals surface area contributed by atoms with E-state index in [1.54, 1.807) is 19.1 Å². The Labute approximate surface area is 72.0 Å². The Hall–Kier alpha value is -0.560. The lowest BCUT2D eigenvalue weighted by Gasteiger charge is -1.93. The van der Waals surface area contributed by atoms with Crippen molar-refractivity contribution in [2.75, 3.05) is 0 Å². The van der Waals surface area contributed by atoms with E-state index in [2.05, 4.69) is 0 Å². The van der Waals surface area contributed by atoms with Gasteiger partial charge in [-0.15, -0.1) is 0 Å². The van der Waals surface area contributed by atoms with Crippen LogP contribution in [0.4, 0.5) is 4.39 Å². The van der Waals surface area contributed by atoms with Gasteiger partial charge in [-0.1, -0.05) is 31.5 Å². The van der Waals surface area contributed by atoms with E-state index < -0.39 is 0 Å². The van der Waals surface area contributed by atoms with E-state index in [0.29, 0.717) is 10.6 Å². The number of hydrogen-bond donors (Lipinski definition) is 0. The van der Waals surface area contributed by atoms with Crippen LogP contribution in [0.2, 0.25) is 5.02 Å². The summed E-state index contributed by atoms with van der Waals surface area (Å²) >= 11 is 5.48. The van der Waals surface area contributed by atoms with Crippen molar-refractivity contribution in [2.24, 2.45) is 0 Å². The van der Waals surface area contributed by atoms with Gasteiger partial charge in [0.25, 0.3) is 0 Å². The fourth-order valence-electron chi connectivity index (χ4n) is 0.567. The predicted octanol–water partition coefficient (Wildman–Crippen LogP) is 3.81. The quantitative estimate of drug-likeness (QED) is 0.561. The van der Waals surface area contributed by atoms with E-state index in [9.17, 15) is 4.39 Å². The van der Waals surface area contributed by atoms with Crippen molar-refractivity contribution in [2.45, 2.75) is 20.8 Å². The molecule has 1 rings (SSSR count). The van der Waals surface area contributed by atoms with Crippen molar-refractivity contribution in [1.29, 1.82) is 0 Å². The highest BCUT2D eigenvalue weighted by Gasteiger charge is 1.94. The summed E-state index contributed by atoms with van der Waals surface area (Å²) in [5.41, 5.74) is 0.624. The number of hydrogen-bond acceptors (Lipinski definition) is 0. The molecule has 0 bridgehead atoms. The maximum atomic E-state index is 12.5. The van der Waals surface area contributed by atoms with E-state index in [4.69, 9.17) is 11.6 Å². The molecule has 0 amide bonds. The molecule has 0 unspecified atom stereocenters. The molecule has 0 fully saturated rings. The Morgan fingerprint density at radius 2 is 1.82 bits per heavy atom. The number of rotatable bonds is 0. The topological polar surface area (TPSA) is 0 Å². The van der Waals surface area contributed by atoms with E-state index in [1.807, 2.05) is 13.8 Å². The SMILES string of the molecule is CC.Cc1ccc(Cl)cc1F. The van der Waals surface area contributed by atoms with Gasteiger partial charge in [-0.05, 0) is 24.6 Å². The molecule has 0 atom stereocenters. The summed E-state index contributed by atoms with van der Waals surface area (Å²) in [7, 11) is 0. The summed E-state index contributed by atoms with van der Waals surface area (Å²) in [6, 6.07) is 4.62. The van der Waals surface area contributed by atoms with Gasteiger partial charge < -0.3 is 0 Å². The lowest BCUT2D eigenvalue weighted by Crippen LogP contribution is -1.78. The summed E-state index contributed by atoms with van der Waals surface area (Å²) in [5.74, 6) is -0.248. The molecule has 0 radical (unpaired) electrons. The Bertz CT molecular complexity index is 221. The van der Waals surface area contributed by atoms with E-state index in [-0.39, 0.29) is 5.82 Å². The van der Waals surface area contributed by atoms with Crippen molar-refractivity contribution in [3.05, 3.63) is 34.6 Å². The fraction of sp³-hybridized carbons (Fsp3) is 0.333. The maximum absolute atomic E-state index is 12.5. The third kappa shape index (κ3) is 3.38. The normalized spacial score (nSPS) is 8.45. The molecule has 0 saturated heterocycles. The highest BCUT2D eigenvalue weighted by atomic mass is 35.5. The molecule has 0 spiro atoms. The molecule has 0 N–H and O–H groups in total. The summed E-state index contributed by atoms with van der Waals surface area (Å²) in [5, 5.41) is 0.443. The van der Waals surface area contributed by atoms with Crippen molar-refractivity contribution in [1.82, 2.24) is 0 Å². The molecule has 0 nitrogen and oxygen atoms in total. The van der Waals surface area contributed by atoms with Crippen LogP contribution in [0.15, 0.2) is 18.2 Å². The van der Waals surface area contributed by atoms with Crippen LogP contribution < -0.4 is 0 Å². The van der Waals surface area contributed by atoms with Gasteiger partial charge in [-0.3, -0.25) is 0 Å². The lowest BCUT2D eigenvalue weighted by molar-refractivity contribution is 0.618. The van der Waals surface area contributed by atoms with Crippen LogP contribution in [0.5, 0.6) is 0 Å². The van der Waals surface area contributed by atoms with Crippen LogP contribution >= 0.6 is 11.6 Å². The first-order valence-corrected chi connectivity index (χ1v) is 3.99. The molecule has 0 aromatic heterocycles. The van der Waals surface area contributed by atoms with Crippen LogP contribution in [-0.2, 0) is 0 Å². The maximum Gasteiger partial charge on any atom is 0.127 e. The van der Waals surface area contributed by atoms with Gasteiger partial charge in [0.15, 0.2) is 0 Å². The fourth-order valence-corrected chi connectivity index (χ4v) is 0.726. The van der Waals surface area contributed by atoms with Gasteiger partial charge in [0.2, 0.25) is 0 Å². The second kappa shape index (κ2) is 5.14. The van der Waals surface area contributed by atoms with E-state index in [1.165, 1.54) is 6.07 Å². The van der Waals surface area contributed by atoms with Crippen molar-refractivity contribution in [3.63, 3.8) is 0 Å². The van der Waals surface area contributed by atoms with Crippen LogP contribution in [0, 0.1) is 12.7 Å². The highest BCUT2D eigenvalue weighted by Crippen LogP contribution is 2.12. The molecule has 0 aliphatic rings. The zero-order valence-electron chi connectivity index (χ0n) is 6.99. The molecule has 11 heavy (non-hydrogen) atoms. The Kier molecular flexibility index (Phi) is 4.88. The molecule has 2 heteroatoms. The molecule has 0 aliphatic carbocycles. The first-order chi connectivity index (χ1) is 5.20. The molecule has 62 valence electrons. The summed E-state index contributed by atoms with van der Waals surface area (Å²) in [6.07, 6.45) is 0. The Balaban J connectivity index is 0.000000461. The zero-order chi connectivity index (χ0) is 8.85. The van der Waals surface area contributed by atoms with Gasteiger partial charge in [0.1, 0.15) is 5.82 Å². The smallest absolute Gasteiger partial charge is 0.127 e. The van der Waals surface area contributed by atoms with Crippen molar-refractivity contribution >= 4 is 11.6 Å². The highest BCUT2D eigenvalue weighted by molar-refractivity contribution is 6.30. The Morgan fingerprint density at radius 1 is 1.27 bits per heavy atom. The average Bonchev–Trinajstić information content (AvgIpc) is 2.02. The first kappa shape index (κ1) is 10.4. The summed E-state index contributed by atoms with van der Waals surface area (Å²) in [4.78, 5) is 0. The molecule has 0 heterocycles. The molecule has 1 aromatic carbocycles. The van der Waals surface area contributed by atoms with E-state index in [0.717, 1.165) is 0 Å². The van der Waals surface area contributed by atoms with Crippen LogP contribution in [-0.4, -0.2) is 0 Å². The standard InChI is InChI=1S/C7H6ClF.C2H6/c1-5-2-3-6(8)4-7(5)9;1-2/h2-4H,1H3;1-2H3. The minimum absolute atomic E-state index is 0.248. The van der Waals surface area contributed by atoms with E-state index >= 15 is 0 Å². The number of aryl methyl sites for hydroxylation is 1. The molecule has 1 aromatic rings. The minimum atomic E-state index is -0.248. The van der Waals surface area contributed by atoms with Gasteiger partial charge >= 0.3 is 0 Å². The van der Waals surface area contributed by atoms with Crippen LogP contribution in [0.1, 0.15) is 19.4 Å². The molecule has 0 saturated carbocycles. The summed E-state index contributed by atoms with van der Waals surface area (Å²) in [6.45, 7) is 5.70. The van der Waals surface area contributed by atoms with Gasteiger partial charge in [0.05, 0.1) is 0 Å². The van der Waals surface area contributed by atoms with Crippen molar-refractivity contribution in [3.8, 4) is 0 Å². The third-order valence-corrected chi connectivity index (χ3v) is 1.37. The largest absolute Gasteiger partial charge is 0.207 e. The summed E-state index contributed by atoms with van der Waals surface area (Å²) < 4.78 is 12.5. The molecular formula is C9H12ClF. The van der Waals surface area contributed by atoms with Crippen molar-refractivity contribution < 1.29 is 4.39 Å². The average molecular weight is 175 g/mol. The van der Waals surface area contributed by atoms with Gasteiger partial charge in [-0.25, -0.2) is 4.39 Å². The lowest BCUT2D eigenvalue weighted by atomic mass is 10.2. The monoisotopic (exact) mass is 174 g/mol. The van der Waals surface area contributed by atoms with Gasteiger partial charge in [0, 0.05) is 5.02 Å².